The maximum absolute atomic E-state index is 9.15. The van der Waals surface area contributed by atoms with Crippen LogP contribution < -0.4 is 22.1 Å². The lowest BCUT2D eigenvalue weighted by Gasteiger charge is -2.12. The van der Waals surface area contributed by atoms with E-state index in [1.54, 1.807) is 0 Å². The van der Waals surface area contributed by atoms with Crippen LogP contribution >= 0.6 is 34.9 Å². The average molecular weight is 371 g/mol. The molecule has 0 saturated heterocycles. The number of carbonyl (C=O) groups is 1. The standard InChI is InChI=1S/C14H17NS3.CH5N3O/c1-3-16-13-8-4-7-12(15-2)14(13)18-10-11-6-5-9-17-11;2-4-3-1-5/h4-9,15H,3,10H2,1-2H3;1,4H,2H2,(H,3,5). The molecule has 0 unspecified atom stereocenters. The fraction of sp³-hybridized carbons (Fsp3) is 0.267. The summed E-state index contributed by atoms with van der Waals surface area (Å²) in [5.41, 5.74) is 5.09. The molecule has 1 aromatic carbocycles. The summed E-state index contributed by atoms with van der Waals surface area (Å²) in [6.07, 6.45) is 0.444. The minimum Gasteiger partial charge on any atom is -0.387 e. The number of amides is 1. The second-order valence-electron chi connectivity index (χ2n) is 4.09. The molecular weight excluding hydrogens is 348 g/mol. The normalized spacial score (nSPS) is 9.70. The number of nitrogens with two attached hydrogens (primary N) is 1. The van der Waals surface area contributed by atoms with Crippen molar-refractivity contribution in [2.45, 2.75) is 22.5 Å². The molecule has 126 valence electrons. The molecule has 0 aliphatic heterocycles. The number of benzene rings is 1. The van der Waals surface area contributed by atoms with Crippen molar-refractivity contribution < 1.29 is 4.79 Å². The maximum Gasteiger partial charge on any atom is 0.222 e. The van der Waals surface area contributed by atoms with Crippen LogP contribution in [-0.4, -0.2) is 19.2 Å². The van der Waals surface area contributed by atoms with Crippen molar-refractivity contribution in [2.75, 3.05) is 18.1 Å². The Hall–Kier alpha value is -1.19. The molecule has 2 rings (SSSR count). The smallest absolute Gasteiger partial charge is 0.222 e. The highest BCUT2D eigenvalue weighted by atomic mass is 32.2. The van der Waals surface area contributed by atoms with E-state index in [4.69, 9.17) is 4.79 Å². The maximum atomic E-state index is 9.15. The Bertz CT molecular complexity index is 564. The molecule has 5 N–H and O–H groups in total. The van der Waals surface area contributed by atoms with Gasteiger partial charge in [-0.25, -0.2) is 0 Å². The van der Waals surface area contributed by atoms with Crippen LogP contribution in [0.15, 0.2) is 45.5 Å². The number of carbonyl (C=O) groups excluding carboxylic acids is 1. The fourth-order valence-electron chi connectivity index (χ4n) is 1.70. The van der Waals surface area contributed by atoms with Crippen LogP contribution in [0.4, 0.5) is 5.69 Å². The topological polar surface area (TPSA) is 79.2 Å². The zero-order valence-corrected chi connectivity index (χ0v) is 15.6. The van der Waals surface area contributed by atoms with Crippen LogP contribution in [0.3, 0.4) is 0 Å². The molecule has 1 heterocycles. The van der Waals surface area contributed by atoms with Gasteiger partial charge in [0.1, 0.15) is 0 Å². The lowest BCUT2D eigenvalue weighted by molar-refractivity contribution is -0.110. The first kappa shape index (κ1) is 19.9. The Kier molecular flexibility index (Phi) is 10.6. The zero-order chi connectivity index (χ0) is 16.9. The van der Waals surface area contributed by atoms with Crippen molar-refractivity contribution in [3.63, 3.8) is 0 Å². The van der Waals surface area contributed by atoms with E-state index in [9.17, 15) is 0 Å². The molecule has 0 aliphatic carbocycles. The summed E-state index contributed by atoms with van der Waals surface area (Å²) in [4.78, 5) is 13.3. The third kappa shape index (κ3) is 7.28. The summed E-state index contributed by atoms with van der Waals surface area (Å²) in [6.45, 7) is 2.20. The van der Waals surface area contributed by atoms with Crippen molar-refractivity contribution >= 4 is 47.0 Å². The van der Waals surface area contributed by atoms with Crippen LogP contribution in [0.2, 0.25) is 0 Å². The lowest BCUT2D eigenvalue weighted by atomic mass is 10.3. The van der Waals surface area contributed by atoms with Crippen molar-refractivity contribution in [2.24, 2.45) is 5.84 Å². The first-order valence-electron chi connectivity index (χ1n) is 7.00. The summed E-state index contributed by atoms with van der Waals surface area (Å²) in [5.74, 6) is 6.71. The largest absolute Gasteiger partial charge is 0.387 e. The zero-order valence-electron chi connectivity index (χ0n) is 13.2. The van der Waals surface area contributed by atoms with Crippen molar-refractivity contribution in [3.8, 4) is 0 Å². The SMILES string of the molecule is CCSc1cccc(NC)c1SCc1cccs1.NNNC=O. The second kappa shape index (κ2) is 12.3. The summed E-state index contributed by atoms with van der Waals surface area (Å²) < 4.78 is 0. The molecule has 0 fully saturated rings. The van der Waals surface area contributed by atoms with E-state index >= 15 is 0 Å². The van der Waals surface area contributed by atoms with Gasteiger partial charge in [-0.2, -0.15) is 5.53 Å². The molecule has 0 bridgehead atoms. The molecule has 23 heavy (non-hydrogen) atoms. The molecule has 0 spiro atoms. The molecule has 8 heteroatoms. The minimum atomic E-state index is 0.444. The number of anilines is 1. The minimum absolute atomic E-state index is 0.444. The summed E-state index contributed by atoms with van der Waals surface area (Å²) in [6, 6.07) is 10.8. The Labute approximate surface area is 149 Å². The molecule has 0 saturated carbocycles. The van der Waals surface area contributed by atoms with Crippen LogP contribution in [0.25, 0.3) is 0 Å². The first-order valence-corrected chi connectivity index (χ1v) is 9.85. The molecule has 2 aromatic rings. The number of hydrogen-bond acceptors (Lipinski definition) is 7. The molecule has 0 radical (unpaired) electrons. The van der Waals surface area contributed by atoms with Gasteiger partial charge in [0, 0.05) is 33.2 Å². The Morgan fingerprint density at radius 2 is 2.09 bits per heavy atom. The van der Waals surface area contributed by atoms with Gasteiger partial charge in [0.05, 0.1) is 0 Å². The van der Waals surface area contributed by atoms with Crippen LogP contribution in [0, 0.1) is 0 Å². The molecule has 1 amide bonds. The van der Waals surface area contributed by atoms with E-state index < -0.39 is 0 Å². The molecule has 0 atom stereocenters. The van der Waals surface area contributed by atoms with Gasteiger partial charge in [-0.3, -0.25) is 16.1 Å². The van der Waals surface area contributed by atoms with Gasteiger partial charge in [-0.05, 0) is 29.3 Å². The highest BCUT2D eigenvalue weighted by molar-refractivity contribution is 8.02. The number of rotatable bonds is 8. The van der Waals surface area contributed by atoms with Gasteiger partial charge < -0.3 is 5.32 Å². The van der Waals surface area contributed by atoms with Gasteiger partial charge in [-0.1, -0.05) is 19.1 Å². The average Bonchev–Trinajstić information content (AvgIpc) is 3.08. The van der Waals surface area contributed by atoms with E-state index in [2.05, 4.69) is 53.8 Å². The van der Waals surface area contributed by atoms with Crippen molar-refractivity contribution in [1.29, 1.82) is 0 Å². The van der Waals surface area contributed by atoms with E-state index in [1.165, 1.54) is 20.4 Å². The van der Waals surface area contributed by atoms with Crippen LogP contribution in [-0.2, 0) is 10.5 Å². The Morgan fingerprint density at radius 3 is 2.61 bits per heavy atom. The molecular formula is C15H22N4OS3. The summed E-state index contributed by atoms with van der Waals surface area (Å²) in [7, 11) is 1.99. The highest BCUT2D eigenvalue weighted by Crippen LogP contribution is 2.38. The van der Waals surface area contributed by atoms with Crippen molar-refractivity contribution in [1.82, 2.24) is 11.0 Å². The number of thiophene rings is 1. The van der Waals surface area contributed by atoms with E-state index in [-0.39, 0.29) is 0 Å². The van der Waals surface area contributed by atoms with E-state index in [0.717, 1.165) is 11.5 Å². The second-order valence-corrected chi connectivity index (χ2v) is 7.41. The van der Waals surface area contributed by atoms with Gasteiger partial charge >= 0.3 is 0 Å². The van der Waals surface area contributed by atoms with Gasteiger partial charge in [0.25, 0.3) is 0 Å². The predicted octanol–water partition coefficient (Wildman–Crippen LogP) is 3.30. The summed E-state index contributed by atoms with van der Waals surface area (Å²) in [5, 5.41) is 5.43. The number of thioether (sulfide) groups is 2. The highest BCUT2D eigenvalue weighted by Gasteiger charge is 2.08. The predicted molar refractivity (Wildman–Crippen MR) is 103 cm³/mol. The first-order chi connectivity index (χ1) is 11.3. The van der Waals surface area contributed by atoms with Gasteiger partial charge in [0.15, 0.2) is 0 Å². The van der Waals surface area contributed by atoms with Crippen molar-refractivity contribution in [3.05, 3.63) is 40.6 Å². The quantitative estimate of drug-likeness (QED) is 0.247. The van der Waals surface area contributed by atoms with Crippen LogP contribution in [0.5, 0.6) is 0 Å². The van der Waals surface area contributed by atoms with E-state index in [0.29, 0.717) is 6.41 Å². The molecule has 1 aromatic heterocycles. The third-order valence-electron chi connectivity index (χ3n) is 2.63. The van der Waals surface area contributed by atoms with E-state index in [1.807, 2.05) is 52.9 Å². The number of hydrogen-bond donors (Lipinski definition) is 4. The number of nitrogens with one attached hydrogen (secondary N) is 3. The monoisotopic (exact) mass is 370 g/mol. The Balaban J connectivity index is 0.000000463. The summed E-state index contributed by atoms with van der Waals surface area (Å²) >= 11 is 5.66. The molecule has 0 aliphatic rings. The van der Waals surface area contributed by atoms with Gasteiger partial charge in [-0.15, -0.1) is 34.9 Å². The fourth-order valence-corrected chi connectivity index (χ4v) is 4.64. The number of hydrazine groups is 2. The Morgan fingerprint density at radius 1 is 1.26 bits per heavy atom. The molecule has 5 nitrogen and oxygen atoms in total. The van der Waals surface area contributed by atoms with Crippen LogP contribution in [0.1, 0.15) is 11.8 Å². The third-order valence-corrected chi connectivity index (χ3v) is 5.94. The lowest BCUT2D eigenvalue weighted by Crippen LogP contribution is -2.36. The van der Waals surface area contributed by atoms with Gasteiger partial charge in [0.2, 0.25) is 6.41 Å².